The smallest absolute Gasteiger partial charge is 0.275 e. The second-order valence-electron chi connectivity index (χ2n) is 7.75. The highest BCUT2D eigenvalue weighted by Crippen LogP contribution is 2.21. The fraction of sp³-hybridized carbons (Fsp3) is 0.348. The van der Waals surface area contributed by atoms with E-state index in [0.29, 0.717) is 18.0 Å². The summed E-state index contributed by atoms with van der Waals surface area (Å²) >= 11 is 1.40. The standard InChI is InChI=1S/C23H26N4O3S/c1-15-4-7-19(8-5-15)29-13-22-26-20(14-31-22)23(28)25-18-6-9-21(24-10-18)27-11-16(2)30-17(3)12-27/h4-10,14,16-17H,11-13H2,1-3H3,(H,25,28)/t16-,17-/m1/s1. The maximum absolute atomic E-state index is 12.5. The van der Waals surface area contributed by atoms with Crippen LogP contribution in [0.2, 0.25) is 0 Å². The average molecular weight is 439 g/mol. The van der Waals surface area contributed by atoms with E-state index in [1.807, 2.05) is 43.3 Å². The zero-order valence-corrected chi connectivity index (χ0v) is 18.7. The fourth-order valence-corrected chi connectivity index (χ4v) is 4.15. The van der Waals surface area contributed by atoms with Gasteiger partial charge in [0.05, 0.1) is 24.1 Å². The number of rotatable bonds is 6. The van der Waals surface area contributed by atoms with E-state index in [1.54, 1.807) is 11.6 Å². The fourth-order valence-electron chi connectivity index (χ4n) is 3.47. The number of aryl methyl sites for hydroxylation is 1. The number of carbonyl (C=O) groups excluding carboxylic acids is 1. The van der Waals surface area contributed by atoms with E-state index in [4.69, 9.17) is 9.47 Å². The lowest BCUT2D eigenvalue weighted by Crippen LogP contribution is -2.45. The summed E-state index contributed by atoms with van der Waals surface area (Å²) in [5, 5.41) is 5.34. The van der Waals surface area contributed by atoms with E-state index >= 15 is 0 Å². The average Bonchev–Trinajstić information content (AvgIpc) is 3.22. The Balaban J connectivity index is 1.32. The molecule has 1 amide bonds. The molecule has 1 N–H and O–H groups in total. The maximum Gasteiger partial charge on any atom is 0.275 e. The first kappa shape index (κ1) is 21.3. The van der Waals surface area contributed by atoms with Crippen LogP contribution in [0.25, 0.3) is 0 Å². The predicted octanol–water partition coefficient (Wildman–Crippen LogP) is 4.29. The zero-order valence-electron chi connectivity index (χ0n) is 17.9. The molecule has 0 aliphatic carbocycles. The number of morpholine rings is 1. The Labute approximate surface area is 186 Å². The van der Waals surface area contributed by atoms with Crippen LogP contribution in [0, 0.1) is 6.92 Å². The summed E-state index contributed by atoms with van der Waals surface area (Å²) in [6, 6.07) is 11.6. The molecule has 31 heavy (non-hydrogen) atoms. The molecule has 0 unspecified atom stereocenters. The number of nitrogens with one attached hydrogen (secondary N) is 1. The Kier molecular flexibility index (Phi) is 6.48. The number of anilines is 2. The number of pyridine rings is 1. The van der Waals surface area contributed by atoms with Crippen molar-refractivity contribution in [2.75, 3.05) is 23.3 Å². The second kappa shape index (κ2) is 9.45. The van der Waals surface area contributed by atoms with Gasteiger partial charge in [0.1, 0.15) is 28.9 Å². The summed E-state index contributed by atoms with van der Waals surface area (Å²) in [6.45, 7) is 8.08. The molecule has 0 radical (unpaired) electrons. The van der Waals surface area contributed by atoms with Crippen LogP contribution in [-0.2, 0) is 11.3 Å². The molecule has 0 saturated carbocycles. The topological polar surface area (TPSA) is 76.6 Å². The van der Waals surface area contributed by atoms with Crippen LogP contribution in [-0.4, -0.2) is 41.2 Å². The number of hydrogen-bond acceptors (Lipinski definition) is 7. The summed E-state index contributed by atoms with van der Waals surface area (Å²) in [5.41, 5.74) is 2.18. The van der Waals surface area contributed by atoms with Crippen molar-refractivity contribution in [3.63, 3.8) is 0 Å². The van der Waals surface area contributed by atoms with E-state index in [9.17, 15) is 4.79 Å². The molecule has 1 fully saturated rings. The van der Waals surface area contributed by atoms with Crippen molar-refractivity contribution < 1.29 is 14.3 Å². The maximum atomic E-state index is 12.5. The molecule has 4 rings (SSSR count). The molecule has 7 nitrogen and oxygen atoms in total. The van der Waals surface area contributed by atoms with E-state index < -0.39 is 0 Å². The van der Waals surface area contributed by atoms with Gasteiger partial charge in [-0.25, -0.2) is 9.97 Å². The zero-order chi connectivity index (χ0) is 21.8. The van der Waals surface area contributed by atoms with E-state index in [2.05, 4.69) is 34.0 Å². The highest BCUT2D eigenvalue weighted by Gasteiger charge is 2.23. The van der Waals surface area contributed by atoms with E-state index in [-0.39, 0.29) is 18.1 Å². The quantitative estimate of drug-likeness (QED) is 0.619. The highest BCUT2D eigenvalue weighted by molar-refractivity contribution is 7.09. The van der Waals surface area contributed by atoms with Crippen LogP contribution in [0.1, 0.15) is 34.9 Å². The summed E-state index contributed by atoms with van der Waals surface area (Å²) in [7, 11) is 0. The van der Waals surface area contributed by atoms with Gasteiger partial charge >= 0.3 is 0 Å². The lowest BCUT2D eigenvalue weighted by atomic mass is 10.2. The molecule has 2 aromatic heterocycles. The number of nitrogens with zero attached hydrogens (tertiary/aromatic N) is 3. The Morgan fingerprint density at radius 3 is 2.61 bits per heavy atom. The molecule has 3 aromatic rings. The summed E-state index contributed by atoms with van der Waals surface area (Å²) in [4.78, 5) is 23.6. The number of hydrogen-bond donors (Lipinski definition) is 1. The summed E-state index contributed by atoms with van der Waals surface area (Å²) in [5.74, 6) is 1.40. The van der Waals surface area contributed by atoms with Crippen molar-refractivity contribution >= 4 is 28.7 Å². The minimum Gasteiger partial charge on any atom is -0.486 e. The van der Waals surface area contributed by atoms with Crippen molar-refractivity contribution in [1.82, 2.24) is 9.97 Å². The molecular weight excluding hydrogens is 412 g/mol. The van der Waals surface area contributed by atoms with Crippen LogP contribution in [0.3, 0.4) is 0 Å². The Morgan fingerprint density at radius 1 is 1.19 bits per heavy atom. The number of aromatic nitrogens is 2. The number of amides is 1. The molecule has 162 valence electrons. The van der Waals surface area contributed by atoms with Crippen LogP contribution >= 0.6 is 11.3 Å². The predicted molar refractivity (Wildman–Crippen MR) is 122 cm³/mol. The van der Waals surface area contributed by atoms with Gasteiger partial charge in [0.15, 0.2) is 0 Å². The number of ether oxygens (including phenoxy) is 2. The van der Waals surface area contributed by atoms with E-state index in [0.717, 1.165) is 29.7 Å². The Bertz CT molecular complexity index is 1010. The molecule has 0 bridgehead atoms. The molecule has 8 heteroatoms. The molecule has 1 aliphatic rings. The van der Waals surface area contributed by atoms with Crippen molar-refractivity contribution in [2.24, 2.45) is 0 Å². The lowest BCUT2D eigenvalue weighted by Gasteiger charge is -2.36. The van der Waals surface area contributed by atoms with Gasteiger partial charge in [-0.15, -0.1) is 11.3 Å². The van der Waals surface area contributed by atoms with Gasteiger partial charge in [0.2, 0.25) is 0 Å². The molecule has 0 spiro atoms. The van der Waals surface area contributed by atoms with Crippen molar-refractivity contribution in [3.05, 3.63) is 64.2 Å². The number of thiazole rings is 1. The third-order valence-electron chi connectivity index (χ3n) is 4.92. The van der Waals surface area contributed by atoms with Crippen LogP contribution in [0.5, 0.6) is 5.75 Å². The molecule has 2 atom stereocenters. The van der Waals surface area contributed by atoms with Crippen molar-refractivity contribution in [2.45, 2.75) is 39.6 Å². The molecule has 1 aromatic carbocycles. The highest BCUT2D eigenvalue weighted by atomic mass is 32.1. The van der Waals surface area contributed by atoms with Gasteiger partial charge in [-0.2, -0.15) is 0 Å². The first-order valence-corrected chi connectivity index (χ1v) is 11.2. The summed E-state index contributed by atoms with van der Waals surface area (Å²) < 4.78 is 11.5. The van der Waals surface area contributed by atoms with Gasteiger partial charge in [-0.3, -0.25) is 4.79 Å². The van der Waals surface area contributed by atoms with Crippen molar-refractivity contribution in [1.29, 1.82) is 0 Å². The van der Waals surface area contributed by atoms with Gasteiger partial charge in [0, 0.05) is 18.5 Å². The second-order valence-corrected chi connectivity index (χ2v) is 8.69. The largest absolute Gasteiger partial charge is 0.486 e. The monoisotopic (exact) mass is 438 g/mol. The van der Waals surface area contributed by atoms with Crippen LogP contribution in [0.4, 0.5) is 11.5 Å². The van der Waals surface area contributed by atoms with Gasteiger partial charge in [-0.1, -0.05) is 17.7 Å². The number of benzene rings is 1. The first-order valence-electron chi connectivity index (χ1n) is 10.3. The summed E-state index contributed by atoms with van der Waals surface area (Å²) in [6.07, 6.45) is 2.00. The van der Waals surface area contributed by atoms with Gasteiger partial charge < -0.3 is 19.7 Å². The third-order valence-corrected chi connectivity index (χ3v) is 5.74. The van der Waals surface area contributed by atoms with Crippen LogP contribution < -0.4 is 15.0 Å². The van der Waals surface area contributed by atoms with Crippen molar-refractivity contribution in [3.8, 4) is 5.75 Å². The lowest BCUT2D eigenvalue weighted by molar-refractivity contribution is -0.00545. The minimum atomic E-state index is -0.263. The minimum absolute atomic E-state index is 0.166. The molecule has 1 saturated heterocycles. The Morgan fingerprint density at radius 2 is 1.94 bits per heavy atom. The first-order chi connectivity index (χ1) is 15.0. The third kappa shape index (κ3) is 5.59. The molecule has 1 aliphatic heterocycles. The van der Waals surface area contributed by atoms with E-state index in [1.165, 1.54) is 16.9 Å². The van der Waals surface area contributed by atoms with Gasteiger partial charge in [0.25, 0.3) is 5.91 Å². The Hall–Kier alpha value is -2.97. The van der Waals surface area contributed by atoms with Crippen LogP contribution in [0.15, 0.2) is 48.0 Å². The SMILES string of the molecule is Cc1ccc(OCc2nc(C(=O)Nc3ccc(N4C[C@@H](C)O[C@H](C)C4)nc3)cs2)cc1. The molecular formula is C23H26N4O3S. The number of carbonyl (C=O) groups is 1. The molecule has 3 heterocycles. The normalized spacial score (nSPS) is 18.6. The van der Waals surface area contributed by atoms with Gasteiger partial charge in [-0.05, 0) is 45.0 Å².